The maximum atomic E-state index is 5.62. The maximum absolute atomic E-state index is 5.62. The van der Waals surface area contributed by atoms with Crippen LogP contribution in [0.1, 0.15) is 25.0 Å². The van der Waals surface area contributed by atoms with Gasteiger partial charge in [0.15, 0.2) is 0 Å². The number of hydrogen-bond donors (Lipinski definition) is 1. The SMILES string of the molecule is CNCCC1CCN(Cc2coc(-c3ccccc3)n2)CC1.Cl. The molecule has 23 heavy (non-hydrogen) atoms. The molecule has 1 aliphatic heterocycles. The van der Waals surface area contributed by atoms with Crippen molar-refractivity contribution >= 4 is 12.4 Å². The Balaban J connectivity index is 0.00000192. The fraction of sp³-hybridized carbons (Fsp3) is 0.500. The normalized spacial score (nSPS) is 16.2. The van der Waals surface area contributed by atoms with Crippen LogP contribution >= 0.6 is 12.4 Å². The fourth-order valence-corrected chi connectivity index (χ4v) is 3.10. The van der Waals surface area contributed by atoms with E-state index in [9.17, 15) is 0 Å². The average molecular weight is 336 g/mol. The van der Waals surface area contributed by atoms with E-state index in [1.165, 1.54) is 32.4 Å². The quantitative estimate of drug-likeness (QED) is 0.876. The van der Waals surface area contributed by atoms with Crippen molar-refractivity contribution in [1.82, 2.24) is 15.2 Å². The molecular formula is C18H26ClN3O. The first kappa shape index (κ1) is 18.0. The van der Waals surface area contributed by atoms with Gasteiger partial charge in [-0.25, -0.2) is 4.98 Å². The average Bonchev–Trinajstić information content (AvgIpc) is 3.04. The minimum atomic E-state index is 0. The highest BCUT2D eigenvalue weighted by Crippen LogP contribution is 2.23. The topological polar surface area (TPSA) is 41.3 Å². The molecule has 126 valence electrons. The van der Waals surface area contributed by atoms with E-state index in [4.69, 9.17) is 4.42 Å². The van der Waals surface area contributed by atoms with Gasteiger partial charge in [-0.2, -0.15) is 0 Å². The van der Waals surface area contributed by atoms with Crippen LogP contribution in [0.3, 0.4) is 0 Å². The largest absolute Gasteiger partial charge is 0.444 e. The molecule has 3 rings (SSSR count). The van der Waals surface area contributed by atoms with E-state index in [-0.39, 0.29) is 12.4 Å². The summed E-state index contributed by atoms with van der Waals surface area (Å²) >= 11 is 0. The Morgan fingerprint density at radius 2 is 1.96 bits per heavy atom. The van der Waals surface area contributed by atoms with E-state index in [2.05, 4.69) is 15.2 Å². The van der Waals surface area contributed by atoms with Gasteiger partial charge in [0, 0.05) is 12.1 Å². The van der Waals surface area contributed by atoms with Gasteiger partial charge in [0.2, 0.25) is 5.89 Å². The van der Waals surface area contributed by atoms with Crippen molar-refractivity contribution in [1.29, 1.82) is 0 Å². The number of likely N-dealkylation sites (tertiary alicyclic amines) is 1. The smallest absolute Gasteiger partial charge is 0.226 e. The third kappa shape index (κ3) is 5.06. The molecular weight excluding hydrogens is 310 g/mol. The lowest BCUT2D eigenvalue weighted by atomic mass is 9.93. The van der Waals surface area contributed by atoms with E-state index >= 15 is 0 Å². The van der Waals surface area contributed by atoms with Crippen molar-refractivity contribution < 1.29 is 4.42 Å². The Bertz CT molecular complexity index is 565. The lowest BCUT2D eigenvalue weighted by Crippen LogP contribution is -2.34. The van der Waals surface area contributed by atoms with E-state index in [0.717, 1.165) is 36.2 Å². The highest BCUT2D eigenvalue weighted by atomic mass is 35.5. The Morgan fingerprint density at radius 1 is 1.22 bits per heavy atom. The summed E-state index contributed by atoms with van der Waals surface area (Å²) in [5.41, 5.74) is 2.08. The Hall–Kier alpha value is -1.36. The zero-order valence-electron chi connectivity index (χ0n) is 13.7. The number of aromatic nitrogens is 1. The molecule has 1 aliphatic rings. The number of nitrogens with zero attached hydrogens (tertiary/aromatic N) is 2. The summed E-state index contributed by atoms with van der Waals surface area (Å²) in [6.07, 6.45) is 5.69. The first-order valence-electron chi connectivity index (χ1n) is 8.22. The van der Waals surface area contributed by atoms with Gasteiger partial charge in [-0.15, -0.1) is 12.4 Å². The monoisotopic (exact) mass is 335 g/mol. The molecule has 2 aromatic rings. The molecule has 0 saturated carbocycles. The minimum Gasteiger partial charge on any atom is -0.444 e. The third-order valence-corrected chi connectivity index (χ3v) is 4.47. The molecule has 0 bridgehead atoms. The fourth-order valence-electron chi connectivity index (χ4n) is 3.10. The molecule has 1 aromatic heterocycles. The van der Waals surface area contributed by atoms with Gasteiger partial charge in [0.1, 0.15) is 6.26 Å². The van der Waals surface area contributed by atoms with Crippen LogP contribution in [0.2, 0.25) is 0 Å². The summed E-state index contributed by atoms with van der Waals surface area (Å²) in [6.45, 7) is 4.37. The predicted molar refractivity (Wildman–Crippen MR) is 95.7 cm³/mol. The minimum absolute atomic E-state index is 0. The molecule has 1 aromatic carbocycles. The van der Waals surface area contributed by atoms with Crippen molar-refractivity contribution in [2.75, 3.05) is 26.7 Å². The summed E-state index contributed by atoms with van der Waals surface area (Å²) in [5, 5.41) is 3.25. The molecule has 0 unspecified atom stereocenters. The second kappa shape index (κ2) is 9.06. The van der Waals surface area contributed by atoms with E-state index < -0.39 is 0 Å². The summed E-state index contributed by atoms with van der Waals surface area (Å²) in [4.78, 5) is 7.11. The second-order valence-corrected chi connectivity index (χ2v) is 6.12. The second-order valence-electron chi connectivity index (χ2n) is 6.12. The van der Waals surface area contributed by atoms with E-state index in [1.807, 2.05) is 37.4 Å². The molecule has 4 nitrogen and oxygen atoms in total. The van der Waals surface area contributed by atoms with E-state index in [0.29, 0.717) is 0 Å². The van der Waals surface area contributed by atoms with Crippen molar-refractivity contribution in [3.8, 4) is 11.5 Å². The van der Waals surface area contributed by atoms with Crippen LogP contribution in [0.15, 0.2) is 41.0 Å². The standard InChI is InChI=1S/C18H25N3O.ClH/c1-19-10-7-15-8-11-21(12-9-15)13-17-14-22-18(20-17)16-5-3-2-4-6-16;/h2-6,14-15,19H,7-13H2,1H3;1H. The summed E-state index contributed by atoms with van der Waals surface area (Å²) < 4.78 is 5.62. The predicted octanol–water partition coefficient (Wildman–Crippen LogP) is 3.58. The Morgan fingerprint density at radius 3 is 2.65 bits per heavy atom. The van der Waals surface area contributed by atoms with Crippen molar-refractivity contribution in [2.45, 2.75) is 25.8 Å². The summed E-state index contributed by atoms with van der Waals surface area (Å²) in [7, 11) is 2.03. The summed E-state index contributed by atoms with van der Waals surface area (Å²) in [5.74, 6) is 1.60. The number of oxazole rings is 1. The van der Waals surface area contributed by atoms with Crippen molar-refractivity contribution in [3.63, 3.8) is 0 Å². The van der Waals surface area contributed by atoms with Gasteiger partial charge in [-0.05, 0) is 64.0 Å². The van der Waals surface area contributed by atoms with Crippen LogP contribution in [-0.4, -0.2) is 36.6 Å². The van der Waals surface area contributed by atoms with Crippen LogP contribution in [0, 0.1) is 5.92 Å². The lowest BCUT2D eigenvalue weighted by molar-refractivity contribution is 0.170. The number of rotatable bonds is 6. The number of piperidine rings is 1. The van der Waals surface area contributed by atoms with Crippen molar-refractivity contribution in [2.24, 2.45) is 5.92 Å². The van der Waals surface area contributed by atoms with Crippen LogP contribution in [-0.2, 0) is 6.54 Å². The van der Waals surface area contributed by atoms with Gasteiger partial charge < -0.3 is 9.73 Å². The van der Waals surface area contributed by atoms with Crippen LogP contribution < -0.4 is 5.32 Å². The number of benzene rings is 1. The van der Waals surface area contributed by atoms with Crippen LogP contribution in [0.25, 0.3) is 11.5 Å². The third-order valence-electron chi connectivity index (χ3n) is 4.47. The van der Waals surface area contributed by atoms with Gasteiger partial charge in [-0.3, -0.25) is 4.90 Å². The highest BCUT2D eigenvalue weighted by Gasteiger charge is 2.19. The van der Waals surface area contributed by atoms with Crippen LogP contribution in [0.4, 0.5) is 0 Å². The maximum Gasteiger partial charge on any atom is 0.226 e. The molecule has 0 aliphatic carbocycles. The molecule has 0 atom stereocenters. The Labute approximate surface area is 144 Å². The first-order chi connectivity index (χ1) is 10.8. The zero-order chi connectivity index (χ0) is 15.2. The molecule has 0 radical (unpaired) electrons. The van der Waals surface area contributed by atoms with Gasteiger partial charge in [0.25, 0.3) is 0 Å². The lowest BCUT2D eigenvalue weighted by Gasteiger charge is -2.31. The molecule has 1 fully saturated rings. The van der Waals surface area contributed by atoms with Crippen molar-refractivity contribution in [3.05, 3.63) is 42.3 Å². The van der Waals surface area contributed by atoms with Gasteiger partial charge >= 0.3 is 0 Å². The molecule has 0 amide bonds. The molecule has 1 saturated heterocycles. The number of hydrogen-bond acceptors (Lipinski definition) is 4. The van der Waals surface area contributed by atoms with Gasteiger partial charge in [-0.1, -0.05) is 18.2 Å². The first-order valence-corrected chi connectivity index (χ1v) is 8.22. The molecule has 0 spiro atoms. The number of nitrogens with one attached hydrogen (secondary N) is 1. The molecule has 5 heteroatoms. The summed E-state index contributed by atoms with van der Waals surface area (Å²) in [6, 6.07) is 10.1. The number of halogens is 1. The zero-order valence-corrected chi connectivity index (χ0v) is 14.5. The van der Waals surface area contributed by atoms with E-state index in [1.54, 1.807) is 6.26 Å². The van der Waals surface area contributed by atoms with Crippen LogP contribution in [0.5, 0.6) is 0 Å². The highest BCUT2D eigenvalue weighted by molar-refractivity contribution is 5.85. The van der Waals surface area contributed by atoms with Gasteiger partial charge in [0.05, 0.1) is 5.69 Å². The molecule has 2 heterocycles. The Kier molecular flexibility index (Phi) is 7.09. The molecule has 1 N–H and O–H groups in total.